The van der Waals surface area contributed by atoms with Crippen molar-refractivity contribution >= 4 is 15.7 Å². The van der Waals surface area contributed by atoms with Crippen molar-refractivity contribution in [1.82, 2.24) is 4.72 Å². The zero-order valence-corrected chi connectivity index (χ0v) is 10.6. The van der Waals surface area contributed by atoms with Crippen LogP contribution in [0.25, 0.3) is 0 Å². The summed E-state index contributed by atoms with van der Waals surface area (Å²) in [5.74, 6) is -2.41. The van der Waals surface area contributed by atoms with Crippen LogP contribution in [0.15, 0.2) is 29.2 Å². The van der Waals surface area contributed by atoms with Crippen molar-refractivity contribution in [1.29, 1.82) is 0 Å². The number of nitrogens with one attached hydrogen (secondary N) is 1. The Morgan fingerprint density at radius 2 is 1.89 bits per heavy atom. The van der Waals surface area contributed by atoms with Gasteiger partial charge in [-0.05, 0) is 25.5 Å². The first kappa shape index (κ1) is 14.6. The summed E-state index contributed by atoms with van der Waals surface area (Å²) >= 11 is 0. The Morgan fingerprint density at radius 1 is 1.33 bits per heavy atom. The third kappa shape index (κ3) is 3.51. The van der Waals surface area contributed by atoms with Crippen LogP contribution in [0, 0.1) is 11.6 Å². The predicted octanol–water partition coefficient (Wildman–Crippen LogP) is 1.79. The molecular weight excluding hydrogens is 262 g/mol. The average Bonchev–Trinajstić information content (AvgIpc) is 2.22. The van der Waals surface area contributed by atoms with Gasteiger partial charge in [0.15, 0.2) is 4.90 Å². The van der Waals surface area contributed by atoms with Crippen molar-refractivity contribution in [3.8, 4) is 0 Å². The van der Waals surface area contributed by atoms with Gasteiger partial charge in [-0.2, -0.15) is 0 Å². The summed E-state index contributed by atoms with van der Waals surface area (Å²) in [6.45, 7) is 1.85. The molecule has 0 radical (unpaired) electrons. The predicted molar refractivity (Wildman–Crippen MR) is 65.4 cm³/mol. The van der Waals surface area contributed by atoms with Gasteiger partial charge in [-0.3, -0.25) is 0 Å². The highest BCUT2D eigenvalue weighted by Gasteiger charge is 2.23. The molecule has 0 aliphatic rings. The Bertz CT molecular complexity index is 533. The van der Waals surface area contributed by atoms with E-state index >= 15 is 0 Å². The largest absolute Gasteiger partial charge is 0.399 e. The third-order valence-corrected chi connectivity index (χ3v) is 3.64. The van der Waals surface area contributed by atoms with Crippen LogP contribution in [0.4, 0.5) is 14.5 Å². The minimum absolute atomic E-state index is 0.0654. The Hall–Kier alpha value is -1.47. The molecule has 0 atom stereocenters. The summed E-state index contributed by atoms with van der Waals surface area (Å²) in [6, 6.07) is 1.53. The number of sulfonamides is 1. The molecule has 0 amide bonds. The number of nitrogens with two attached hydrogens (primary N) is 1. The lowest BCUT2D eigenvalue weighted by molar-refractivity contribution is 0.515. The molecule has 4 nitrogen and oxygen atoms in total. The molecule has 1 aromatic rings. The lowest BCUT2D eigenvalue weighted by atomic mass is 10.3. The molecule has 7 heteroatoms. The van der Waals surface area contributed by atoms with Crippen molar-refractivity contribution in [2.75, 3.05) is 12.3 Å². The molecule has 0 fully saturated rings. The van der Waals surface area contributed by atoms with E-state index in [1.54, 1.807) is 19.1 Å². The molecule has 0 aromatic heterocycles. The van der Waals surface area contributed by atoms with Gasteiger partial charge in [0.05, 0.1) is 0 Å². The van der Waals surface area contributed by atoms with Crippen LogP contribution in [0.2, 0.25) is 0 Å². The Kier molecular flexibility index (Phi) is 4.80. The van der Waals surface area contributed by atoms with Crippen molar-refractivity contribution in [2.45, 2.75) is 18.2 Å². The maximum absolute atomic E-state index is 13.4. The number of anilines is 1. The highest BCUT2D eigenvalue weighted by Crippen LogP contribution is 2.21. The second-order valence-electron chi connectivity index (χ2n) is 3.57. The number of allylic oxidation sites excluding steroid dienone is 1. The van der Waals surface area contributed by atoms with Crippen LogP contribution in [-0.2, 0) is 10.0 Å². The van der Waals surface area contributed by atoms with E-state index < -0.39 is 26.6 Å². The van der Waals surface area contributed by atoms with E-state index in [-0.39, 0.29) is 12.2 Å². The van der Waals surface area contributed by atoms with Gasteiger partial charge in [0.1, 0.15) is 11.6 Å². The maximum atomic E-state index is 13.4. The van der Waals surface area contributed by atoms with Crippen molar-refractivity contribution < 1.29 is 17.2 Å². The summed E-state index contributed by atoms with van der Waals surface area (Å²) in [7, 11) is -4.21. The quantitative estimate of drug-likeness (QED) is 0.489. The first-order chi connectivity index (χ1) is 8.38. The second kappa shape index (κ2) is 5.92. The van der Waals surface area contributed by atoms with E-state index in [0.717, 1.165) is 12.1 Å². The topological polar surface area (TPSA) is 72.2 Å². The summed E-state index contributed by atoms with van der Waals surface area (Å²) in [5, 5.41) is 0. The van der Waals surface area contributed by atoms with E-state index in [0.29, 0.717) is 6.42 Å². The van der Waals surface area contributed by atoms with Crippen LogP contribution >= 0.6 is 0 Å². The molecule has 100 valence electrons. The van der Waals surface area contributed by atoms with E-state index in [1.165, 1.54) is 0 Å². The fourth-order valence-electron chi connectivity index (χ4n) is 1.35. The summed E-state index contributed by atoms with van der Waals surface area (Å²) in [4.78, 5) is -1.00. The van der Waals surface area contributed by atoms with Gasteiger partial charge in [-0.15, -0.1) is 0 Å². The smallest absolute Gasteiger partial charge is 0.246 e. The minimum Gasteiger partial charge on any atom is -0.399 e. The molecule has 0 aliphatic carbocycles. The molecule has 18 heavy (non-hydrogen) atoms. The van der Waals surface area contributed by atoms with Crippen LogP contribution < -0.4 is 10.5 Å². The molecule has 0 saturated carbocycles. The first-order valence-electron chi connectivity index (χ1n) is 5.24. The molecule has 0 saturated heterocycles. The second-order valence-corrected chi connectivity index (χ2v) is 5.27. The number of halogens is 2. The lowest BCUT2D eigenvalue weighted by Crippen LogP contribution is -2.26. The number of hydrogen-bond acceptors (Lipinski definition) is 3. The van der Waals surface area contributed by atoms with Crippen LogP contribution in [-0.4, -0.2) is 15.0 Å². The summed E-state index contributed by atoms with van der Waals surface area (Å²) < 4.78 is 52.4. The highest BCUT2D eigenvalue weighted by molar-refractivity contribution is 7.89. The highest BCUT2D eigenvalue weighted by atomic mass is 32.2. The van der Waals surface area contributed by atoms with Crippen molar-refractivity contribution in [2.24, 2.45) is 0 Å². The molecule has 0 unspecified atom stereocenters. The number of benzene rings is 1. The summed E-state index contributed by atoms with van der Waals surface area (Å²) in [5.41, 5.74) is 5.04. The molecule has 3 N–H and O–H groups in total. The molecule has 0 spiro atoms. The third-order valence-electron chi connectivity index (χ3n) is 2.13. The molecule has 1 aromatic carbocycles. The fraction of sp³-hybridized carbons (Fsp3) is 0.273. The Labute approximate surface area is 105 Å². The van der Waals surface area contributed by atoms with Gasteiger partial charge in [0.25, 0.3) is 0 Å². The summed E-state index contributed by atoms with van der Waals surface area (Å²) in [6.07, 6.45) is 3.92. The standard InChI is InChI=1S/C11H14F2N2O2S/c1-2-3-4-5-15-18(16,17)11-9(12)6-8(14)7-10(11)13/h2-3,6-7,15H,4-5,14H2,1H3/b3-2+. The van der Waals surface area contributed by atoms with E-state index in [2.05, 4.69) is 4.72 Å². The van der Waals surface area contributed by atoms with Gasteiger partial charge in [0.2, 0.25) is 10.0 Å². The lowest BCUT2D eigenvalue weighted by Gasteiger charge is -2.08. The number of nitrogen functional groups attached to an aromatic ring is 1. The number of hydrogen-bond donors (Lipinski definition) is 2. The maximum Gasteiger partial charge on any atom is 0.246 e. The Morgan fingerprint density at radius 3 is 2.39 bits per heavy atom. The molecule has 0 aliphatic heterocycles. The fourth-order valence-corrected chi connectivity index (χ4v) is 2.51. The van der Waals surface area contributed by atoms with Crippen LogP contribution in [0.3, 0.4) is 0 Å². The molecule has 0 heterocycles. The van der Waals surface area contributed by atoms with E-state index in [1.807, 2.05) is 0 Å². The van der Waals surface area contributed by atoms with Crippen LogP contribution in [0.1, 0.15) is 13.3 Å². The minimum atomic E-state index is -4.21. The van der Waals surface area contributed by atoms with Crippen LogP contribution in [0.5, 0.6) is 0 Å². The van der Waals surface area contributed by atoms with Gasteiger partial charge in [0, 0.05) is 12.2 Å². The SMILES string of the molecule is C/C=C/CCNS(=O)(=O)c1c(F)cc(N)cc1F. The first-order valence-corrected chi connectivity index (χ1v) is 6.72. The molecule has 0 bridgehead atoms. The molecular formula is C11H14F2N2O2S. The average molecular weight is 276 g/mol. The van der Waals surface area contributed by atoms with Crippen molar-refractivity contribution in [3.63, 3.8) is 0 Å². The van der Waals surface area contributed by atoms with Gasteiger partial charge >= 0.3 is 0 Å². The zero-order valence-electron chi connectivity index (χ0n) is 9.78. The van der Waals surface area contributed by atoms with Gasteiger partial charge < -0.3 is 5.73 Å². The van der Waals surface area contributed by atoms with Gasteiger partial charge in [-0.1, -0.05) is 12.2 Å². The zero-order chi connectivity index (χ0) is 13.8. The van der Waals surface area contributed by atoms with E-state index in [9.17, 15) is 17.2 Å². The Balaban J connectivity index is 2.98. The monoisotopic (exact) mass is 276 g/mol. The molecule has 1 rings (SSSR count). The van der Waals surface area contributed by atoms with Gasteiger partial charge in [-0.25, -0.2) is 21.9 Å². The van der Waals surface area contributed by atoms with Crippen molar-refractivity contribution in [3.05, 3.63) is 35.9 Å². The number of rotatable bonds is 5. The normalized spacial score (nSPS) is 12.2. The van der Waals surface area contributed by atoms with E-state index in [4.69, 9.17) is 5.73 Å².